The van der Waals surface area contributed by atoms with E-state index in [9.17, 15) is 14.0 Å². The Morgan fingerprint density at radius 3 is 2.26 bits per heavy atom. The van der Waals surface area contributed by atoms with Crippen molar-refractivity contribution in [3.05, 3.63) is 75.3 Å². The zero-order chi connectivity index (χ0) is 29.7. The van der Waals surface area contributed by atoms with Crippen molar-refractivity contribution in [2.75, 3.05) is 17.3 Å². The van der Waals surface area contributed by atoms with E-state index in [0.29, 0.717) is 11.4 Å². The molecule has 0 aliphatic heterocycles. The first-order valence-corrected chi connectivity index (χ1v) is 14.3. The fourth-order valence-corrected chi connectivity index (χ4v) is 3.43. The maximum absolute atomic E-state index is 14.6. The summed E-state index contributed by atoms with van der Waals surface area (Å²) in [5, 5.41) is 10.6. The highest BCUT2D eigenvalue weighted by atomic mass is 32.2. The van der Waals surface area contributed by atoms with Crippen LogP contribution in [-0.4, -0.2) is 22.8 Å². The first-order chi connectivity index (χ1) is 18.7. The first-order valence-electron chi connectivity index (χ1n) is 13.0. The first kappa shape index (κ1) is 33.5. The molecule has 0 unspecified atom stereocenters. The maximum Gasteiger partial charge on any atom is 0.259 e. The average molecular weight is 560 g/mol. The lowest BCUT2D eigenvalue weighted by Gasteiger charge is -2.21. The van der Waals surface area contributed by atoms with Gasteiger partial charge in [-0.05, 0) is 62.8 Å². The molecule has 1 heterocycles. The van der Waals surface area contributed by atoms with E-state index in [4.69, 9.17) is 15.6 Å². The molecule has 1 aromatic heterocycles. The van der Waals surface area contributed by atoms with Gasteiger partial charge in [0.2, 0.25) is 0 Å². The van der Waals surface area contributed by atoms with Crippen LogP contribution in [0, 0.1) is 19.7 Å². The van der Waals surface area contributed by atoms with Crippen LogP contribution >= 0.6 is 11.9 Å². The number of nitrogens with one attached hydrogen (secondary N) is 2. The van der Waals surface area contributed by atoms with Crippen molar-refractivity contribution in [1.29, 1.82) is 0 Å². The Labute approximate surface area is 235 Å². The average Bonchev–Trinajstić information content (AvgIpc) is 3.74. The molecule has 1 aliphatic rings. The fraction of sp³-hybridized carbons (Fsp3) is 0.379. The molecule has 0 spiro atoms. The quantitative estimate of drug-likeness (QED) is 0.203. The summed E-state index contributed by atoms with van der Waals surface area (Å²) in [6.45, 7) is 11.4. The van der Waals surface area contributed by atoms with E-state index in [1.807, 2.05) is 34.0 Å². The minimum Gasteiger partial charge on any atom is -0.456 e. The number of amides is 1. The van der Waals surface area contributed by atoms with Gasteiger partial charge < -0.3 is 21.1 Å². The Balaban J connectivity index is 0.000000996. The van der Waals surface area contributed by atoms with Gasteiger partial charge in [-0.1, -0.05) is 51.8 Å². The van der Waals surface area contributed by atoms with Crippen molar-refractivity contribution in [2.24, 2.45) is 12.2 Å². The Morgan fingerprint density at radius 2 is 1.72 bits per heavy atom. The normalized spacial score (nSPS) is 11.4. The number of halogens is 1. The van der Waals surface area contributed by atoms with E-state index in [2.05, 4.69) is 10.6 Å². The van der Waals surface area contributed by atoms with Crippen molar-refractivity contribution in [2.45, 2.75) is 60.4 Å². The van der Waals surface area contributed by atoms with Gasteiger partial charge in [-0.3, -0.25) is 19.3 Å². The molecule has 10 heteroatoms. The lowest BCUT2D eigenvalue weighted by Crippen LogP contribution is -2.31. The summed E-state index contributed by atoms with van der Waals surface area (Å²) in [6, 6.07) is 11.5. The van der Waals surface area contributed by atoms with Crippen LogP contribution in [0.2, 0.25) is 0 Å². The predicted molar refractivity (Wildman–Crippen MR) is 163 cm³/mol. The van der Waals surface area contributed by atoms with Crippen molar-refractivity contribution >= 4 is 35.0 Å². The summed E-state index contributed by atoms with van der Waals surface area (Å²) in [6.07, 6.45) is 3.59. The van der Waals surface area contributed by atoms with E-state index < -0.39 is 11.7 Å². The van der Waals surface area contributed by atoms with Gasteiger partial charge in [0.15, 0.2) is 5.75 Å². The van der Waals surface area contributed by atoms with Crippen LogP contribution in [-0.2, 0) is 7.05 Å². The van der Waals surface area contributed by atoms with Crippen LogP contribution in [0.15, 0.2) is 47.3 Å². The number of hydrogen-bond acceptors (Lipinski definition) is 7. The predicted octanol–water partition coefficient (Wildman–Crippen LogP) is 6.43. The molecule has 2 aromatic carbocycles. The zero-order valence-corrected chi connectivity index (χ0v) is 25.0. The third-order valence-electron chi connectivity index (χ3n) is 5.36. The number of ether oxygens (including phenoxy) is 1. The summed E-state index contributed by atoms with van der Waals surface area (Å²) >= 11 is 1.25. The molecule has 0 atom stereocenters. The second-order valence-corrected chi connectivity index (χ2v) is 8.78. The number of benzene rings is 2. The van der Waals surface area contributed by atoms with Crippen LogP contribution in [0.25, 0.3) is 0 Å². The van der Waals surface area contributed by atoms with E-state index in [1.54, 1.807) is 50.2 Å². The van der Waals surface area contributed by atoms with Gasteiger partial charge in [0.05, 0.1) is 11.3 Å². The highest BCUT2D eigenvalue weighted by molar-refractivity contribution is 7.96. The third kappa shape index (κ3) is 9.33. The van der Waals surface area contributed by atoms with E-state index >= 15 is 0 Å². The molecule has 0 saturated heterocycles. The number of aryl methyl sites for hydroxylation is 1. The maximum atomic E-state index is 14.6. The smallest absolute Gasteiger partial charge is 0.259 e. The largest absolute Gasteiger partial charge is 0.456 e. The molecule has 1 amide bonds. The second kappa shape index (κ2) is 16.5. The van der Waals surface area contributed by atoms with Crippen molar-refractivity contribution < 1.29 is 13.9 Å². The number of rotatable bonds is 6. The van der Waals surface area contributed by atoms with Gasteiger partial charge in [0, 0.05) is 24.8 Å². The lowest BCUT2D eigenvalue weighted by molar-refractivity contribution is 0.0948. The number of aromatic nitrogens is 1. The van der Waals surface area contributed by atoms with Gasteiger partial charge in [-0.25, -0.2) is 4.39 Å². The Hall–Kier alpha value is -3.50. The summed E-state index contributed by atoms with van der Waals surface area (Å²) in [7, 11) is 1.53. The molecule has 0 radical (unpaired) electrons. The zero-order valence-electron chi connectivity index (χ0n) is 24.1. The third-order valence-corrected chi connectivity index (χ3v) is 5.36. The number of anilines is 3. The highest BCUT2D eigenvalue weighted by Gasteiger charge is 2.30. The van der Waals surface area contributed by atoms with Gasteiger partial charge in [-0.2, -0.15) is 0 Å². The number of pyridine rings is 1. The van der Waals surface area contributed by atoms with Crippen LogP contribution < -0.4 is 31.8 Å². The molecule has 1 fully saturated rings. The number of carbonyl (C=O) groups excluding carboxylic acids is 1. The van der Waals surface area contributed by atoms with Gasteiger partial charge in [-0.15, -0.1) is 0 Å². The van der Waals surface area contributed by atoms with Crippen LogP contribution in [0.1, 0.15) is 62.0 Å². The number of carbonyl (C=O) groups is 1. The lowest BCUT2D eigenvalue weighted by atomic mass is 10.1. The van der Waals surface area contributed by atoms with Gasteiger partial charge in [0.25, 0.3) is 11.5 Å². The summed E-state index contributed by atoms with van der Waals surface area (Å²) in [5.41, 5.74) is 7.24. The summed E-state index contributed by atoms with van der Waals surface area (Å²) in [5.74, 6) is -0.272. The van der Waals surface area contributed by atoms with Crippen LogP contribution in [0.5, 0.6) is 11.5 Å². The molecular weight excluding hydrogens is 517 g/mol. The number of nitrogen functional groups attached to an aromatic ring is 1. The molecule has 214 valence electrons. The van der Waals surface area contributed by atoms with Crippen molar-refractivity contribution in [1.82, 2.24) is 9.88 Å². The molecular formula is C29H42FN5O3S. The number of nitrogens with zero attached hydrogens (tertiary/aromatic N) is 1. The molecule has 6 N–H and O–H groups in total. The van der Waals surface area contributed by atoms with E-state index in [-0.39, 0.29) is 40.0 Å². The van der Waals surface area contributed by atoms with E-state index in [0.717, 1.165) is 18.4 Å². The molecule has 8 nitrogen and oxygen atoms in total. The number of hydrogen-bond donors (Lipinski definition) is 4. The molecule has 1 saturated carbocycles. The van der Waals surface area contributed by atoms with Crippen LogP contribution in [0.4, 0.5) is 21.6 Å². The Morgan fingerprint density at radius 1 is 1.10 bits per heavy atom. The molecule has 0 bridgehead atoms. The molecule has 1 aliphatic carbocycles. The highest BCUT2D eigenvalue weighted by Crippen LogP contribution is 2.35. The summed E-state index contributed by atoms with van der Waals surface area (Å²) in [4.78, 5) is 26.3. The molecule has 39 heavy (non-hydrogen) atoms. The standard InChI is InChI=1S/C24H25FN4O3.2C2H6.CH5NS/c1-13-7-10-19(18(25)11-13)28-22-20(23(30)27-16-8-9-16)21(14(2)24(31)29(22)3)32-17-6-4-5-15(26)12-17;2*1-2;1-3-2/h4-7,10-12,16,28H,8-9,26H2,1-3H3,(H,27,30);2*1-2H3;2H2,1H3. The van der Waals surface area contributed by atoms with Gasteiger partial charge >= 0.3 is 0 Å². The Bertz CT molecular complexity index is 1290. The minimum atomic E-state index is -0.495. The minimum absolute atomic E-state index is 0.0734. The van der Waals surface area contributed by atoms with Crippen LogP contribution in [0.3, 0.4) is 0 Å². The summed E-state index contributed by atoms with van der Waals surface area (Å²) < 4.78 is 21.9. The molecule has 4 rings (SSSR count). The topological polar surface area (TPSA) is 124 Å². The molecule has 3 aromatic rings. The monoisotopic (exact) mass is 559 g/mol. The fourth-order valence-electron chi connectivity index (χ4n) is 3.43. The number of nitrogens with two attached hydrogens (primary N) is 2. The van der Waals surface area contributed by atoms with Gasteiger partial charge in [0.1, 0.15) is 22.9 Å². The van der Waals surface area contributed by atoms with Crippen molar-refractivity contribution in [3.63, 3.8) is 0 Å². The SMILES string of the molecule is CC.CC.CSN.Cc1ccc(Nc2c(C(=O)NC3CC3)c(Oc3cccc(N)c3)c(C)c(=O)n2C)c(F)c1. The van der Waals surface area contributed by atoms with E-state index in [1.165, 1.54) is 29.6 Å². The second-order valence-electron chi connectivity index (χ2n) is 8.31. The van der Waals surface area contributed by atoms with Crippen molar-refractivity contribution in [3.8, 4) is 11.5 Å². The Kier molecular flexibility index (Phi) is 14.2.